The van der Waals surface area contributed by atoms with Gasteiger partial charge in [0.15, 0.2) is 0 Å². The molecule has 0 aliphatic heterocycles. The van der Waals surface area contributed by atoms with Gasteiger partial charge in [-0.05, 0) is 67.1 Å². The van der Waals surface area contributed by atoms with Gasteiger partial charge in [-0.15, -0.1) is 0 Å². The van der Waals surface area contributed by atoms with Crippen LogP contribution in [0, 0.1) is 20.8 Å². The first-order valence-electron chi connectivity index (χ1n) is 10.6. The Morgan fingerprint density at radius 3 is 2.59 bits per heavy atom. The summed E-state index contributed by atoms with van der Waals surface area (Å²) in [5.74, 6) is 0.466. The van der Waals surface area contributed by atoms with Crippen molar-refractivity contribution in [2.75, 3.05) is 0 Å². The van der Waals surface area contributed by atoms with Gasteiger partial charge in [-0.3, -0.25) is 4.79 Å². The van der Waals surface area contributed by atoms with Gasteiger partial charge in [-0.25, -0.2) is 8.42 Å². The lowest BCUT2D eigenvalue weighted by Crippen LogP contribution is -2.33. The van der Waals surface area contributed by atoms with Crippen molar-refractivity contribution in [1.82, 2.24) is 18.0 Å². The van der Waals surface area contributed by atoms with Gasteiger partial charge in [0.2, 0.25) is 10.0 Å². The summed E-state index contributed by atoms with van der Waals surface area (Å²) in [4.78, 5) is 16.0. The number of H-pyrrole nitrogens is 1. The molecule has 5 rings (SSSR count). The molecule has 1 N–H and O–H groups in total. The highest BCUT2D eigenvalue weighted by molar-refractivity contribution is 7.89. The van der Waals surface area contributed by atoms with E-state index < -0.39 is 10.0 Å². The minimum Gasteiger partial charge on any atom is -0.468 e. The summed E-state index contributed by atoms with van der Waals surface area (Å²) >= 11 is 0.963. The highest BCUT2D eigenvalue weighted by Gasteiger charge is 2.31. The Balaban J connectivity index is 1.65. The minimum atomic E-state index is -4.06. The first kappa shape index (κ1) is 22.5. The summed E-state index contributed by atoms with van der Waals surface area (Å²) in [7, 11) is -4.06. The van der Waals surface area contributed by atoms with E-state index in [9.17, 15) is 13.2 Å². The van der Waals surface area contributed by atoms with E-state index in [1.807, 2.05) is 26.0 Å². The molecule has 5 aromatic rings. The number of hydrogen-bond donors (Lipinski definition) is 1. The number of benzene rings is 2. The average Bonchev–Trinajstić information content (AvgIpc) is 3.48. The molecule has 0 bridgehead atoms. The summed E-state index contributed by atoms with van der Waals surface area (Å²) < 4.78 is 43.1. The summed E-state index contributed by atoms with van der Waals surface area (Å²) in [6.45, 7) is 5.49. The molecule has 34 heavy (non-hydrogen) atoms. The maximum atomic E-state index is 14.0. The van der Waals surface area contributed by atoms with Crippen molar-refractivity contribution in [2.24, 2.45) is 0 Å². The number of fused-ring (bicyclic) bond motifs is 2. The quantitative estimate of drug-likeness (QED) is 0.374. The molecule has 0 amide bonds. The second-order valence-corrected chi connectivity index (χ2v) is 10.7. The average molecular weight is 495 g/mol. The maximum Gasteiger partial charge on any atom is 0.252 e. The van der Waals surface area contributed by atoms with E-state index in [1.54, 1.807) is 37.3 Å². The van der Waals surface area contributed by atoms with Gasteiger partial charge in [0.25, 0.3) is 5.56 Å². The molecule has 174 valence electrons. The molecule has 0 saturated heterocycles. The fraction of sp³-hybridized carbons (Fsp3) is 0.208. The largest absolute Gasteiger partial charge is 0.468 e. The first-order chi connectivity index (χ1) is 16.3. The third-order valence-electron chi connectivity index (χ3n) is 6.06. The Kier molecular flexibility index (Phi) is 5.59. The summed E-state index contributed by atoms with van der Waals surface area (Å²) in [5.41, 5.74) is 4.22. The van der Waals surface area contributed by atoms with Crippen LogP contribution in [-0.4, -0.2) is 26.5 Å². The second kappa shape index (κ2) is 8.46. The molecule has 0 atom stereocenters. The third-order valence-corrected chi connectivity index (χ3v) is 8.58. The van der Waals surface area contributed by atoms with Gasteiger partial charge in [0, 0.05) is 12.1 Å². The van der Waals surface area contributed by atoms with Gasteiger partial charge in [0.1, 0.15) is 21.7 Å². The predicted molar refractivity (Wildman–Crippen MR) is 131 cm³/mol. The van der Waals surface area contributed by atoms with E-state index >= 15 is 0 Å². The molecule has 0 fully saturated rings. The Morgan fingerprint density at radius 1 is 1.03 bits per heavy atom. The van der Waals surface area contributed by atoms with Crippen LogP contribution in [0.3, 0.4) is 0 Å². The van der Waals surface area contributed by atoms with Crippen molar-refractivity contribution in [3.63, 3.8) is 0 Å². The van der Waals surface area contributed by atoms with Crippen LogP contribution < -0.4 is 5.56 Å². The molecule has 0 radical (unpaired) electrons. The number of aromatic nitrogens is 3. The van der Waals surface area contributed by atoms with E-state index in [-0.39, 0.29) is 23.5 Å². The topological polar surface area (TPSA) is 109 Å². The number of aryl methyl sites for hydroxylation is 3. The fourth-order valence-electron chi connectivity index (χ4n) is 4.06. The summed E-state index contributed by atoms with van der Waals surface area (Å²) in [6, 6.07) is 12.5. The number of nitrogens with one attached hydrogen (secondary N) is 1. The van der Waals surface area contributed by atoms with E-state index in [2.05, 4.69) is 13.7 Å². The van der Waals surface area contributed by atoms with E-state index in [0.29, 0.717) is 27.9 Å². The van der Waals surface area contributed by atoms with Crippen LogP contribution in [0.1, 0.15) is 28.0 Å². The molecular weight excluding hydrogens is 472 g/mol. The predicted octanol–water partition coefficient (Wildman–Crippen LogP) is 4.44. The van der Waals surface area contributed by atoms with Crippen LogP contribution in [0.25, 0.3) is 21.9 Å². The molecule has 2 aromatic carbocycles. The van der Waals surface area contributed by atoms with Crippen LogP contribution in [0.2, 0.25) is 0 Å². The number of sulfonamides is 1. The normalized spacial score (nSPS) is 12.2. The monoisotopic (exact) mass is 494 g/mol. The van der Waals surface area contributed by atoms with Crippen molar-refractivity contribution < 1.29 is 12.8 Å². The lowest BCUT2D eigenvalue weighted by atomic mass is 10.0. The van der Waals surface area contributed by atoms with Gasteiger partial charge in [-0.2, -0.15) is 13.1 Å². The third kappa shape index (κ3) is 3.83. The van der Waals surface area contributed by atoms with Gasteiger partial charge >= 0.3 is 0 Å². The number of hydrogen-bond acceptors (Lipinski definition) is 7. The van der Waals surface area contributed by atoms with Crippen molar-refractivity contribution in [3.8, 4) is 0 Å². The van der Waals surface area contributed by atoms with E-state index in [1.165, 1.54) is 10.6 Å². The maximum absolute atomic E-state index is 14.0. The molecule has 0 saturated carbocycles. The molecular formula is C24H22N4O4S2. The summed E-state index contributed by atoms with van der Waals surface area (Å²) in [6.07, 6.45) is 1.49. The van der Waals surface area contributed by atoms with Gasteiger partial charge in [0.05, 0.1) is 30.1 Å². The second-order valence-electron chi connectivity index (χ2n) is 8.29. The molecule has 0 unspecified atom stereocenters. The van der Waals surface area contributed by atoms with Gasteiger partial charge in [-0.1, -0.05) is 18.2 Å². The van der Waals surface area contributed by atoms with Crippen LogP contribution in [-0.2, 0) is 23.1 Å². The first-order valence-corrected chi connectivity index (χ1v) is 12.8. The lowest BCUT2D eigenvalue weighted by Gasteiger charge is -2.22. The Labute approximate surface area is 200 Å². The number of rotatable bonds is 6. The SMILES string of the molecule is Cc1ccc2nsnc2c1S(=O)(=O)N(Cc1ccco1)Cc1cc2ccc(C)c(C)c2[nH]c1=O. The Hall–Kier alpha value is -3.34. The fourth-order valence-corrected chi connectivity index (χ4v) is 6.40. The van der Waals surface area contributed by atoms with Crippen molar-refractivity contribution in [3.05, 3.63) is 87.1 Å². The Bertz CT molecular complexity index is 1690. The molecule has 8 nitrogen and oxygen atoms in total. The molecule has 3 heterocycles. The van der Waals surface area contributed by atoms with Gasteiger partial charge < -0.3 is 9.40 Å². The number of nitrogens with zero attached hydrogens (tertiary/aromatic N) is 3. The van der Waals surface area contributed by atoms with Crippen LogP contribution in [0.5, 0.6) is 0 Å². The lowest BCUT2D eigenvalue weighted by molar-refractivity contribution is 0.358. The van der Waals surface area contributed by atoms with Crippen molar-refractivity contribution in [2.45, 2.75) is 38.8 Å². The number of pyridine rings is 1. The summed E-state index contributed by atoms with van der Waals surface area (Å²) in [5, 5.41) is 0.843. The zero-order valence-corrected chi connectivity index (χ0v) is 20.5. The van der Waals surface area contributed by atoms with Crippen molar-refractivity contribution in [1.29, 1.82) is 0 Å². The van der Waals surface area contributed by atoms with Crippen LogP contribution >= 0.6 is 11.7 Å². The number of furan rings is 1. The van der Waals surface area contributed by atoms with Crippen LogP contribution in [0.4, 0.5) is 0 Å². The molecule has 3 aromatic heterocycles. The minimum absolute atomic E-state index is 0.0346. The Morgan fingerprint density at radius 2 is 1.82 bits per heavy atom. The zero-order chi connectivity index (χ0) is 24.0. The highest BCUT2D eigenvalue weighted by atomic mass is 32.2. The van der Waals surface area contributed by atoms with E-state index in [0.717, 1.165) is 33.8 Å². The molecule has 0 aliphatic carbocycles. The highest BCUT2D eigenvalue weighted by Crippen LogP contribution is 2.30. The van der Waals surface area contributed by atoms with E-state index in [4.69, 9.17) is 4.42 Å². The smallest absolute Gasteiger partial charge is 0.252 e. The van der Waals surface area contributed by atoms with Crippen molar-refractivity contribution >= 4 is 43.7 Å². The molecule has 10 heteroatoms. The standard InChI is InChI=1S/C24H22N4O4S2/c1-14-6-8-17-11-18(24(29)25-21(17)16(14)3)12-28(13-19-5-4-10-32-19)34(30,31)23-15(2)7-9-20-22(23)27-33-26-20/h4-11H,12-13H2,1-3H3,(H,25,29). The molecule has 0 aliphatic rings. The van der Waals surface area contributed by atoms with Crippen LogP contribution in [0.15, 0.2) is 62.8 Å². The number of aromatic amines is 1. The molecule has 0 spiro atoms. The zero-order valence-electron chi connectivity index (χ0n) is 18.8.